The molecular formula is C14H18N4O2S2. The number of allylic oxidation sites excluding steroid dienone is 7. The van der Waals surface area contributed by atoms with Gasteiger partial charge in [-0.1, -0.05) is 36.1 Å². The van der Waals surface area contributed by atoms with Gasteiger partial charge in [-0.2, -0.15) is 4.68 Å². The maximum absolute atomic E-state index is 12.3. The molecule has 0 saturated carbocycles. The van der Waals surface area contributed by atoms with Crippen LogP contribution >= 0.6 is 11.8 Å². The molecule has 6 nitrogen and oxygen atoms in total. The fourth-order valence-corrected chi connectivity index (χ4v) is 4.36. The molecule has 0 spiro atoms. The van der Waals surface area contributed by atoms with E-state index in [1.165, 1.54) is 11.8 Å². The molecule has 1 aromatic heterocycles. The van der Waals surface area contributed by atoms with Gasteiger partial charge in [0.1, 0.15) is 0 Å². The van der Waals surface area contributed by atoms with Gasteiger partial charge in [0, 0.05) is 11.4 Å². The molecule has 1 aliphatic carbocycles. The van der Waals surface area contributed by atoms with E-state index in [0.717, 1.165) is 12.1 Å². The number of hydrogen-bond donors (Lipinski definition) is 0. The Bertz CT molecular complexity index is 743. The number of tetrazole rings is 1. The molecule has 2 rings (SSSR count). The van der Waals surface area contributed by atoms with Crippen molar-refractivity contribution in [3.8, 4) is 0 Å². The fraction of sp³-hybridized carbons (Fsp3) is 0.357. The van der Waals surface area contributed by atoms with Crippen molar-refractivity contribution < 1.29 is 8.42 Å². The SMILES string of the molecule is C/C=C(\C)n1nnnc1SCCS(=O)(=O)C1=CC=CCC=C1. The molecule has 118 valence electrons. The average Bonchev–Trinajstić information content (AvgIpc) is 2.78. The Hall–Kier alpha value is -1.67. The van der Waals surface area contributed by atoms with Gasteiger partial charge < -0.3 is 0 Å². The normalized spacial score (nSPS) is 15.7. The van der Waals surface area contributed by atoms with Crippen LogP contribution in [0.1, 0.15) is 20.3 Å². The molecule has 0 N–H and O–H groups in total. The van der Waals surface area contributed by atoms with E-state index in [9.17, 15) is 8.42 Å². The van der Waals surface area contributed by atoms with Crippen LogP contribution < -0.4 is 0 Å². The minimum absolute atomic E-state index is 0.0451. The van der Waals surface area contributed by atoms with Crippen LogP contribution in [0.2, 0.25) is 0 Å². The highest BCUT2D eigenvalue weighted by Gasteiger charge is 2.17. The van der Waals surface area contributed by atoms with Crippen molar-refractivity contribution in [1.29, 1.82) is 0 Å². The lowest BCUT2D eigenvalue weighted by atomic mass is 10.4. The predicted molar refractivity (Wildman–Crippen MR) is 88.9 cm³/mol. The van der Waals surface area contributed by atoms with Gasteiger partial charge in [-0.25, -0.2) is 8.42 Å². The molecular weight excluding hydrogens is 320 g/mol. The van der Waals surface area contributed by atoms with Gasteiger partial charge in [0.15, 0.2) is 9.84 Å². The zero-order valence-electron chi connectivity index (χ0n) is 12.5. The number of nitrogens with zero attached hydrogens (tertiary/aromatic N) is 4. The zero-order chi connectivity index (χ0) is 16.0. The lowest BCUT2D eigenvalue weighted by molar-refractivity contribution is 0.604. The first kappa shape index (κ1) is 16.7. The first-order valence-electron chi connectivity index (χ1n) is 6.85. The molecule has 1 aliphatic rings. The van der Waals surface area contributed by atoms with Crippen LogP contribution in [0.5, 0.6) is 0 Å². The molecule has 0 bridgehead atoms. The van der Waals surface area contributed by atoms with Crippen molar-refractivity contribution in [2.75, 3.05) is 11.5 Å². The Balaban J connectivity index is 2.01. The fourth-order valence-electron chi connectivity index (χ4n) is 1.74. The molecule has 0 atom stereocenters. The van der Waals surface area contributed by atoms with E-state index in [4.69, 9.17) is 0 Å². The third kappa shape index (κ3) is 4.17. The summed E-state index contributed by atoms with van der Waals surface area (Å²) >= 11 is 1.33. The quantitative estimate of drug-likeness (QED) is 0.742. The van der Waals surface area contributed by atoms with Crippen LogP contribution in [-0.2, 0) is 9.84 Å². The van der Waals surface area contributed by atoms with Gasteiger partial charge in [0.2, 0.25) is 5.16 Å². The second-order valence-electron chi connectivity index (χ2n) is 4.61. The summed E-state index contributed by atoms with van der Waals surface area (Å²) < 4.78 is 26.2. The molecule has 8 heteroatoms. The average molecular weight is 338 g/mol. The predicted octanol–water partition coefficient (Wildman–Crippen LogP) is 2.46. The van der Waals surface area contributed by atoms with E-state index in [-0.39, 0.29) is 5.75 Å². The number of aromatic nitrogens is 4. The summed E-state index contributed by atoms with van der Waals surface area (Å²) in [6.45, 7) is 3.79. The highest BCUT2D eigenvalue weighted by Crippen LogP contribution is 2.20. The van der Waals surface area contributed by atoms with Gasteiger partial charge in [0.25, 0.3) is 0 Å². The summed E-state index contributed by atoms with van der Waals surface area (Å²) in [4.78, 5) is 0.353. The number of hydrogen-bond acceptors (Lipinski definition) is 6. The molecule has 0 aromatic carbocycles. The van der Waals surface area contributed by atoms with Gasteiger partial charge in [0.05, 0.1) is 10.7 Å². The second kappa shape index (κ2) is 7.55. The molecule has 0 radical (unpaired) electrons. The lowest BCUT2D eigenvalue weighted by Gasteiger charge is -2.05. The van der Waals surface area contributed by atoms with Crippen LogP contribution in [0, 0.1) is 0 Å². The molecule has 0 fully saturated rings. The highest BCUT2D eigenvalue weighted by atomic mass is 32.2. The highest BCUT2D eigenvalue weighted by molar-refractivity contribution is 8.01. The maximum Gasteiger partial charge on any atom is 0.213 e. The van der Waals surface area contributed by atoms with Crippen molar-refractivity contribution in [2.24, 2.45) is 0 Å². The molecule has 22 heavy (non-hydrogen) atoms. The van der Waals surface area contributed by atoms with Gasteiger partial charge in [-0.05, 0) is 42.8 Å². The van der Waals surface area contributed by atoms with Crippen LogP contribution in [0.15, 0.2) is 46.5 Å². The minimum Gasteiger partial charge on any atom is -0.224 e. The largest absolute Gasteiger partial charge is 0.224 e. The van der Waals surface area contributed by atoms with Crippen molar-refractivity contribution >= 4 is 27.3 Å². The van der Waals surface area contributed by atoms with Crippen LogP contribution in [0.25, 0.3) is 5.70 Å². The Morgan fingerprint density at radius 3 is 3.05 bits per heavy atom. The first-order valence-corrected chi connectivity index (χ1v) is 9.49. The summed E-state index contributed by atoms with van der Waals surface area (Å²) in [6.07, 6.45) is 11.5. The van der Waals surface area contributed by atoms with Crippen LogP contribution in [-0.4, -0.2) is 40.1 Å². The molecule has 0 saturated heterocycles. The van der Waals surface area contributed by atoms with Crippen LogP contribution in [0.4, 0.5) is 0 Å². The summed E-state index contributed by atoms with van der Waals surface area (Å²) in [5.41, 5.74) is 0.898. The van der Waals surface area contributed by atoms with E-state index in [1.807, 2.05) is 32.1 Å². The summed E-state index contributed by atoms with van der Waals surface area (Å²) in [5, 5.41) is 12.0. The zero-order valence-corrected chi connectivity index (χ0v) is 14.1. The number of sulfone groups is 1. The minimum atomic E-state index is -3.29. The smallest absolute Gasteiger partial charge is 0.213 e. The third-order valence-corrected chi connectivity index (χ3v) is 6.00. The molecule has 0 amide bonds. The lowest BCUT2D eigenvalue weighted by Crippen LogP contribution is -2.10. The Morgan fingerprint density at radius 1 is 1.45 bits per heavy atom. The van der Waals surface area contributed by atoms with Gasteiger partial charge in [-0.3, -0.25) is 0 Å². The molecule has 1 heterocycles. The van der Waals surface area contributed by atoms with Gasteiger partial charge in [-0.15, -0.1) is 5.10 Å². The van der Waals surface area contributed by atoms with E-state index in [0.29, 0.717) is 15.8 Å². The van der Waals surface area contributed by atoms with E-state index >= 15 is 0 Å². The number of rotatable bonds is 6. The third-order valence-electron chi connectivity index (χ3n) is 3.09. The van der Waals surface area contributed by atoms with Crippen molar-refractivity contribution in [3.63, 3.8) is 0 Å². The van der Waals surface area contributed by atoms with E-state index in [1.54, 1.807) is 22.9 Å². The Morgan fingerprint density at radius 2 is 2.27 bits per heavy atom. The monoisotopic (exact) mass is 338 g/mol. The maximum atomic E-state index is 12.3. The summed E-state index contributed by atoms with van der Waals surface area (Å²) in [7, 11) is -3.29. The van der Waals surface area contributed by atoms with Crippen molar-refractivity contribution in [3.05, 3.63) is 41.4 Å². The topological polar surface area (TPSA) is 77.7 Å². The molecule has 1 aromatic rings. The standard InChI is InChI=1S/C14H18N4O2S2/c1-3-12(2)18-14(15-16-17-18)21-10-11-22(19,20)13-8-6-4-5-7-9-13/h3-4,6-9H,5,10-11H2,1-2H3/b12-3+. The van der Waals surface area contributed by atoms with Crippen LogP contribution in [0.3, 0.4) is 0 Å². The van der Waals surface area contributed by atoms with Gasteiger partial charge >= 0.3 is 0 Å². The molecule has 0 aliphatic heterocycles. The second-order valence-corrected chi connectivity index (χ2v) is 7.78. The Kier molecular flexibility index (Phi) is 5.73. The van der Waals surface area contributed by atoms with Crippen molar-refractivity contribution in [2.45, 2.75) is 25.4 Å². The summed E-state index contributed by atoms with van der Waals surface area (Å²) in [5.74, 6) is 0.442. The van der Waals surface area contributed by atoms with E-state index < -0.39 is 9.84 Å². The summed E-state index contributed by atoms with van der Waals surface area (Å²) in [6, 6.07) is 0. The van der Waals surface area contributed by atoms with E-state index in [2.05, 4.69) is 15.5 Å². The Labute approximate surface area is 134 Å². The van der Waals surface area contributed by atoms with Crippen molar-refractivity contribution in [1.82, 2.24) is 20.2 Å². The number of thioether (sulfide) groups is 1. The first-order chi connectivity index (χ1) is 10.5. The molecule has 0 unspecified atom stereocenters.